The van der Waals surface area contributed by atoms with Crippen molar-refractivity contribution in [2.45, 2.75) is 25.3 Å². The molecule has 0 aliphatic heterocycles. The lowest BCUT2D eigenvalue weighted by atomic mass is 9.94. The number of pyridine rings is 1. The quantitative estimate of drug-likeness (QED) is 0.914. The average molecular weight is 260 g/mol. The third-order valence-electron chi connectivity index (χ3n) is 3.34. The molecular weight excluding hydrogens is 244 g/mol. The summed E-state index contributed by atoms with van der Waals surface area (Å²) in [7, 11) is 1.63. The lowest BCUT2D eigenvalue weighted by molar-refractivity contribution is 0.398. The molecule has 2 aromatic heterocycles. The van der Waals surface area contributed by atoms with Crippen molar-refractivity contribution in [1.82, 2.24) is 4.98 Å². The van der Waals surface area contributed by atoms with E-state index in [0.29, 0.717) is 11.9 Å². The summed E-state index contributed by atoms with van der Waals surface area (Å²) in [6.07, 6.45) is 5.51. The van der Waals surface area contributed by atoms with Gasteiger partial charge in [-0.25, -0.2) is 4.98 Å². The van der Waals surface area contributed by atoms with Crippen LogP contribution in [-0.2, 0) is 6.42 Å². The summed E-state index contributed by atoms with van der Waals surface area (Å²) in [6, 6.07) is 6.58. The number of aryl methyl sites for hydroxylation is 1. The van der Waals surface area contributed by atoms with Crippen LogP contribution in [0.25, 0.3) is 0 Å². The van der Waals surface area contributed by atoms with Crippen LogP contribution in [0, 0.1) is 0 Å². The first-order valence-electron chi connectivity index (χ1n) is 6.19. The molecule has 1 N–H and O–H groups in total. The molecule has 1 aliphatic rings. The molecule has 0 saturated carbocycles. The van der Waals surface area contributed by atoms with Gasteiger partial charge in [-0.05, 0) is 42.3 Å². The lowest BCUT2D eigenvalue weighted by Gasteiger charge is -2.24. The highest BCUT2D eigenvalue weighted by molar-refractivity contribution is 7.10. The summed E-state index contributed by atoms with van der Waals surface area (Å²) in [5, 5.41) is 5.75. The third kappa shape index (κ3) is 2.20. The largest absolute Gasteiger partial charge is 0.481 e. The number of hydrogen-bond donors (Lipinski definition) is 1. The summed E-state index contributed by atoms with van der Waals surface area (Å²) >= 11 is 1.87. The summed E-state index contributed by atoms with van der Waals surface area (Å²) in [5.41, 5.74) is 2.52. The number of aromatic nitrogens is 1. The Hall–Kier alpha value is -1.55. The maximum atomic E-state index is 5.07. The second-order valence-corrected chi connectivity index (χ2v) is 5.48. The maximum Gasteiger partial charge on any atom is 0.213 e. The van der Waals surface area contributed by atoms with Crippen LogP contribution in [0.5, 0.6) is 5.88 Å². The van der Waals surface area contributed by atoms with Gasteiger partial charge in [-0.2, -0.15) is 0 Å². The highest BCUT2D eigenvalue weighted by atomic mass is 32.1. The first-order chi connectivity index (χ1) is 8.86. The highest BCUT2D eigenvalue weighted by Crippen LogP contribution is 2.35. The van der Waals surface area contributed by atoms with Gasteiger partial charge in [0.05, 0.1) is 25.0 Å². The van der Waals surface area contributed by atoms with Crippen LogP contribution in [0.2, 0.25) is 0 Å². The zero-order valence-electron chi connectivity index (χ0n) is 10.3. The van der Waals surface area contributed by atoms with Crippen LogP contribution in [0.1, 0.15) is 29.3 Å². The number of fused-ring (bicyclic) bond motifs is 1. The molecule has 0 radical (unpaired) electrons. The molecule has 1 unspecified atom stereocenters. The number of methoxy groups -OCH3 is 1. The van der Waals surface area contributed by atoms with E-state index in [1.807, 2.05) is 29.7 Å². The Bertz CT molecular complexity index is 521. The van der Waals surface area contributed by atoms with E-state index < -0.39 is 0 Å². The Morgan fingerprint density at radius 3 is 3.11 bits per heavy atom. The van der Waals surface area contributed by atoms with Crippen molar-refractivity contribution in [2.24, 2.45) is 0 Å². The van der Waals surface area contributed by atoms with Crippen LogP contribution in [0.3, 0.4) is 0 Å². The first kappa shape index (κ1) is 11.5. The Labute approximate surface area is 111 Å². The van der Waals surface area contributed by atoms with E-state index in [9.17, 15) is 0 Å². The summed E-state index contributed by atoms with van der Waals surface area (Å²) in [5.74, 6) is 0.653. The fraction of sp³-hybridized carbons (Fsp3) is 0.357. The SMILES string of the molecule is COc1ccc(NC2CCCc3sccc32)cn1. The van der Waals surface area contributed by atoms with E-state index in [1.165, 1.54) is 29.7 Å². The van der Waals surface area contributed by atoms with Gasteiger partial charge in [0.25, 0.3) is 0 Å². The van der Waals surface area contributed by atoms with Crippen LogP contribution in [0.15, 0.2) is 29.8 Å². The molecule has 18 heavy (non-hydrogen) atoms. The second kappa shape index (κ2) is 4.98. The monoisotopic (exact) mass is 260 g/mol. The van der Waals surface area contributed by atoms with Gasteiger partial charge >= 0.3 is 0 Å². The molecule has 94 valence electrons. The number of rotatable bonds is 3. The van der Waals surface area contributed by atoms with Gasteiger partial charge in [-0.15, -0.1) is 11.3 Å². The van der Waals surface area contributed by atoms with E-state index in [2.05, 4.69) is 21.7 Å². The van der Waals surface area contributed by atoms with Crippen molar-refractivity contribution in [2.75, 3.05) is 12.4 Å². The molecule has 4 heteroatoms. The Morgan fingerprint density at radius 2 is 2.33 bits per heavy atom. The Morgan fingerprint density at radius 1 is 1.39 bits per heavy atom. The predicted octanol–water partition coefficient (Wildman–Crippen LogP) is 3.64. The van der Waals surface area contributed by atoms with Crippen molar-refractivity contribution in [3.8, 4) is 5.88 Å². The van der Waals surface area contributed by atoms with Crippen molar-refractivity contribution in [3.05, 3.63) is 40.2 Å². The van der Waals surface area contributed by atoms with E-state index in [-0.39, 0.29) is 0 Å². The number of hydrogen-bond acceptors (Lipinski definition) is 4. The first-order valence-corrected chi connectivity index (χ1v) is 7.07. The zero-order valence-corrected chi connectivity index (χ0v) is 11.2. The smallest absolute Gasteiger partial charge is 0.213 e. The van der Waals surface area contributed by atoms with E-state index >= 15 is 0 Å². The molecule has 1 atom stereocenters. The lowest BCUT2D eigenvalue weighted by Crippen LogP contribution is -2.15. The molecule has 2 heterocycles. The van der Waals surface area contributed by atoms with Gasteiger partial charge in [-0.1, -0.05) is 0 Å². The van der Waals surface area contributed by atoms with Gasteiger partial charge in [0, 0.05) is 10.9 Å². The van der Waals surface area contributed by atoms with Crippen LogP contribution in [0.4, 0.5) is 5.69 Å². The molecule has 0 amide bonds. The van der Waals surface area contributed by atoms with E-state index in [1.54, 1.807) is 7.11 Å². The van der Waals surface area contributed by atoms with Gasteiger partial charge in [-0.3, -0.25) is 0 Å². The van der Waals surface area contributed by atoms with Crippen LogP contribution < -0.4 is 10.1 Å². The average Bonchev–Trinajstić information content (AvgIpc) is 2.89. The second-order valence-electron chi connectivity index (χ2n) is 4.48. The molecule has 0 saturated heterocycles. The van der Waals surface area contributed by atoms with Gasteiger partial charge in [0.1, 0.15) is 0 Å². The van der Waals surface area contributed by atoms with Crippen molar-refractivity contribution in [3.63, 3.8) is 0 Å². The number of anilines is 1. The molecular formula is C14H16N2OS. The van der Waals surface area contributed by atoms with Crippen molar-refractivity contribution < 1.29 is 4.74 Å². The molecule has 3 nitrogen and oxygen atoms in total. The molecule has 0 fully saturated rings. The third-order valence-corrected chi connectivity index (χ3v) is 4.33. The highest BCUT2D eigenvalue weighted by Gasteiger charge is 2.20. The predicted molar refractivity (Wildman–Crippen MR) is 74.4 cm³/mol. The van der Waals surface area contributed by atoms with E-state index in [0.717, 1.165) is 5.69 Å². The molecule has 0 aromatic carbocycles. The maximum absolute atomic E-state index is 5.07. The number of thiophene rings is 1. The molecule has 2 aromatic rings. The van der Waals surface area contributed by atoms with Gasteiger partial charge in [0.15, 0.2) is 0 Å². The van der Waals surface area contributed by atoms with Crippen molar-refractivity contribution >= 4 is 17.0 Å². The van der Waals surface area contributed by atoms with Gasteiger partial charge < -0.3 is 10.1 Å². The number of ether oxygens (including phenoxy) is 1. The van der Waals surface area contributed by atoms with Crippen LogP contribution >= 0.6 is 11.3 Å². The molecule has 1 aliphatic carbocycles. The minimum atomic E-state index is 0.426. The van der Waals surface area contributed by atoms with Crippen molar-refractivity contribution in [1.29, 1.82) is 0 Å². The fourth-order valence-electron chi connectivity index (χ4n) is 2.42. The topological polar surface area (TPSA) is 34.1 Å². The minimum Gasteiger partial charge on any atom is -0.481 e. The minimum absolute atomic E-state index is 0.426. The number of nitrogens with one attached hydrogen (secondary N) is 1. The number of nitrogens with zero attached hydrogens (tertiary/aromatic N) is 1. The molecule has 3 rings (SSSR count). The van der Waals surface area contributed by atoms with E-state index in [4.69, 9.17) is 4.74 Å². The molecule has 0 bridgehead atoms. The standard InChI is InChI=1S/C14H16N2OS/c1-17-14-6-5-10(9-15-14)16-12-3-2-4-13-11(12)7-8-18-13/h5-9,12,16H,2-4H2,1H3. The zero-order chi connectivity index (χ0) is 12.4. The fourth-order valence-corrected chi connectivity index (χ4v) is 3.41. The summed E-state index contributed by atoms with van der Waals surface area (Å²) in [4.78, 5) is 5.75. The molecule has 0 spiro atoms. The van der Waals surface area contributed by atoms with Gasteiger partial charge in [0.2, 0.25) is 5.88 Å². The summed E-state index contributed by atoms with van der Waals surface area (Å²) < 4.78 is 5.07. The summed E-state index contributed by atoms with van der Waals surface area (Å²) in [6.45, 7) is 0. The normalized spacial score (nSPS) is 18.2. The Balaban J connectivity index is 1.77. The van der Waals surface area contributed by atoms with Crippen LogP contribution in [-0.4, -0.2) is 12.1 Å². The Kier molecular flexibility index (Phi) is 3.19.